The van der Waals surface area contributed by atoms with Gasteiger partial charge in [0, 0.05) is 25.2 Å². The summed E-state index contributed by atoms with van der Waals surface area (Å²) in [6.45, 7) is 5.77. The quantitative estimate of drug-likeness (QED) is 0.908. The number of hydrogen-bond donors (Lipinski definition) is 1. The van der Waals surface area contributed by atoms with Gasteiger partial charge in [0.15, 0.2) is 0 Å². The SMILES string of the molecule is CC1CN2CCCCC2CN1c1ccc(CO)cc1Cl. The standard InChI is InChI=1S/C16H23ClN2O/c1-12-9-18-7-3-2-4-14(18)10-19(12)16-6-5-13(11-20)8-15(16)17/h5-6,8,12,14,20H,2-4,7,9-11H2,1H3. The largest absolute Gasteiger partial charge is 0.392 e. The molecule has 0 amide bonds. The van der Waals surface area contributed by atoms with Crippen LogP contribution >= 0.6 is 11.6 Å². The first-order valence-corrected chi connectivity index (χ1v) is 7.97. The molecule has 2 atom stereocenters. The van der Waals surface area contributed by atoms with Crippen LogP contribution < -0.4 is 4.90 Å². The molecule has 3 rings (SSSR count). The number of anilines is 1. The van der Waals surface area contributed by atoms with Crippen LogP contribution in [0.5, 0.6) is 0 Å². The molecule has 0 aliphatic carbocycles. The molecule has 0 saturated carbocycles. The zero-order chi connectivity index (χ0) is 14.1. The van der Waals surface area contributed by atoms with E-state index in [0.29, 0.717) is 12.1 Å². The normalized spacial score (nSPS) is 27.4. The molecule has 110 valence electrons. The number of fused-ring (bicyclic) bond motifs is 1. The second-order valence-electron chi connectivity index (χ2n) is 6.09. The first-order chi connectivity index (χ1) is 9.69. The highest BCUT2D eigenvalue weighted by atomic mass is 35.5. The van der Waals surface area contributed by atoms with Gasteiger partial charge < -0.3 is 10.0 Å². The molecular formula is C16H23ClN2O. The van der Waals surface area contributed by atoms with Crippen LogP contribution in [0, 0.1) is 0 Å². The van der Waals surface area contributed by atoms with Gasteiger partial charge in [0.2, 0.25) is 0 Å². The van der Waals surface area contributed by atoms with E-state index in [2.05, 4.69) is 22.8 Å². The number of benzene rings is 1. The third kappa shape index (κ3) is 2.67. The van der Waals surface area contributed by atoms with E-state index in [1.54, 1.807) is 0 Å². The van der Waals surface area contributed by atoms with E-state index in [0.717, 1.165) is 29.4 Å². The first-order valence-electron chi connectivity index (χ1n) is 7.59. The van der Waals surface area contributed by atoms with Gasteiger partial charge >= 0.3 is 0 Å². The van der Waals surface area contributed by atoms with Gasteiger partial charge in [-0.1, -0.05) is 24.1 Å². The summed E-state index contributed by atoms with van der Waals surface area (Å²) in [6, 6.07) is 7.08. The predicted molar refractivity (Wildman–Crippen MR) is 83.4 cm³/mol. The average molecular weight is 295 g/mol. The Bertz CT molecular complexity index is 480. The number of halogens is 1. The molecule has 0 bridgehead atoms. The van der Waals surface area contributed by atoms with Crippen LogP contribution in [0.3, 0.4) is 0 Å². The lowest BCUT2D eigenvalue weighted by Crippen LogP contribution is -2.58. The monoisotopic (exact) mass is 294 g/mol. The molecule has 1 aromatic carbocycles. The van der Waals surface area contributed by atoms with E-state index in [1.165, 1.54) is 25.8 Å². The maximum absolute atomic E-state index is 9.19. The highest BCUT2D eigenvalue weighted by molar-refractivity contribution is 6.33. The van der Waals surface area contributed by atoms with Crippen molar-refractivity contribution >= 4 is 17.3 Å². The first kappa shape index (κ1) is 14.2. The van der Waals surface area contributed by atoms with Crippen LogP contribution in [0.4, 0.5) is 5.69 Å². The smallest absolute Gasteiger partial charge is 0.0682 e. The Kier molecular flexibility index (Phi) is 4.20. The van der Waals surface area contributed by atoms with Gasteiger partial charge in [0.05, 0.1) is 17.3 Å². The Hall–Kier alpha value is -0.770. The van der Waals surface area contributed by atoms with Crippen LogP contribution in [0.25, 0.3) is 0 Å². The topological polar surface area (TPSA) is 26.7 Å². The van der Waals surface area contributed by atoms with E-state index in [4.69, 9.17) is 11.6 Å². The van der Waals surface area contributed by atoms with Crippen molar-refractivity contribution in [1.82, 2.24) is 4.90 Å². The summed E-state index contributed by atoms with van der Waals surface area (Å²) in [4.78, 5) is 5.08. The molecule has 2 fully saturated rings. The number of piperazine rings is 1. The van der Waals surface area contributed by atoms with Crippen LogP contribution in [-0.4, -0.2) is 41.7 Å². The number of nitrogens with zero attached hydrogens (tertiary/aromatic N) is 2. The Morgan fingerprint density at radius 2 is 2.15 bits per heavy atom. The van der Waals surface area contributed by atoms with Gasteiger partial charge in [-0.15, -0.1) is 0 Å². The summed E-state index contributed by atoms with van der Waals surface area (Å²) in [7, 11) is 0. The zero-order valence-corrected chi connectivity index (χ0v) is 12.8. The van der Waals surface area contributed by atoms with Crippen molar-refractivity contribution in [3.05, 3.63) is 28.8 Å². The Balaban J connectivity index is 1.82. The number of piperidine rings is 1. The second kappa shape index (κ2) is 5.92. The molecule has 0 radical (unpaired) electrons. The van der Waals surface area contributed by atoms with Crippen molar-refractivity contribution in [3.63, 3.8) is 0 Å². The summed E-state index contributed by atoms with van der Waals surface area (Å²) in [5.41, 5.74) is 1.99. The van der Waals surface area contributed by atoms with Crippen LogP contribution in [-0.2, 0) is 6.61 Å². The molecule has 1 N–H and O–H groups in total. The lowest BCUT2D eigenvalue weighted by Gasteiger charge is -2.48. The van der Waals surface area contributed by atoms with E-state index in [9.17, 15) is 5.11 Å². The molecule has 2 unspecified atom stereocenters. The number of aliphatic hydroxyl groups is 1. The van der Waals surface area contributed by atoms with Gasteiger partial charge in [0.1, 0.15) is 0 Å². The molecule has 0 spiro atoms. The molecule has 4 heteroatoms. The van der Waals surface area contributed by atoms with Crippen molar-refractivity contribution in [2.45, 2.75) is 44.9 Å². The fraction of sp³-hybridized carbons (Fsp3) is 0.625. The molecule has 0 aromatic heterocycles. The lowest BCUT2D eigenvalue weighted by molar-refractivity contribution is 0.115. The van der Waals surface area contributed by atoms with Crippen molar-refractivity contribution in [1.29, 1.82) is 0 Å². The minimum absolute atomic E-state index is 0.0476. The van der Waals surface area contributed by atoms with E-state index in [1.807, 2.05) is 12.1 Å². The van der Waals surface area contributed by atoms with E-state index in [-0.39, 0.29) is 6.61 Å². The predicted octanol–water partition coefficient (Wildman–Crippen LogP) is 2.90. The maximum Gasteiger partial charge on any atom is 0.0682 e. The third-order valence-corrected chi connectivity index (χ3v) is 4.99. The highest BCUT2D eigenvalue weighted by Crippen LogP contribution is 2.33. The Morgan fingerprint density at radius 3 is 2.90 bits per heavy atom. The zero-order valence-electron chi connectivity index (χ0n) is 12.1. The number of rotatable bonds is 2. The number of aliphatic hydroxyl groups excluding tert-OH is 1. The molecular weight excluding hydrogens is 272 g/mol. The van der Waals surface area contributed by atoms with Gasteiger partial charge in [0.25, 0.3) is 0 Å². The van der Waals surface area contributed by atoms with Crippen LogP contribution in [0.2, 0.25) is 5.02 Å². The van der Waals surface area contributed by atoms with Gasteiger partial charge in [-0.2, -0.15) is 0 Å². The van der Waals surface area contributed by atoms with Crippen molar-refractivity contribution in [2.24, 2.45) is 0 Å². The summed E-state index contributed by atoms with van der Waals surface area (Å²) < 4.78 is 0. The van der Waals surface area contributed by atoms with Crippen molar-refractivity contribution in [2.75, 3.05) is 24.5 Å². The summed E-state index contributed by atoms with van der Waals surface area (Å²) in [5.74, 6) is 0. The maximum atomic E-state index is 9.19. The average Bonchev–Trinajstić information content (AvgIpc) is 2.46. The summed E-state index contributed by atoms with van der Waals surface area (Å²) in [5, 5.41) is 9.95. The van der Waals surface area contributed by atoms with Crippen LogP contribution in [0.15, 0.2) is 18.2 Å². The lowest BCUT2D eigenvalue weighted by atomic mass is 9.96. The van der Waals surface area contributed by atoms with Crippen molar-refractivity contribution < 1.29 is 5.11 Å². The summed E-state index contributed by atoms with van der Waals surface area (Å²) in [6.07, 6.45) is 3.99. The molecule has 2 aliphatic heterocycles. The van der Waals surface area contributed by atoms with Gasteiger partial charge in [-0.05, 0) is 44.0 Å². The molecule has 2 heterocycles. The van der Waals surface area contributed by atoms with E-state index >= 15 is 0 Å². The molecule has 20 heavy (non-hydrogen) atoms. The number of hydrogen-bond acceptors (Lipinski definition) is 3. The molecule has 3 nitrogen and oxygen atoms in total. The minimum Gasteiger partial charge on any atom is -0.392 e. The highest BCUT2D eigenvalue weighted by Gasteiger charge is 2.33. The fourth-order valence-electron chi connectivity index (χ4n) is 3.57. The fourth-order valence-corrected chi connectivity index (χ4v) is 3.88. The second-order valence-corrected chi connectivity index (χ2v) is 6.50. The molecule has 2 saturated heterocycles. The Labute approximate surface area is 126 Å². The van der Waals surface area contributed by atoms with Crippen LogP contribution in [0.1, 0.15) is 31.7 Å². The van der Waals surface area contributed by atoms with Gasteiger partial charge in [-0.25, -0.2) is 0 Å². The van der Waals surface area contributed by atoms with Crippen molar-refractivity contribution in [3.8, 4) is 0 Å². The molecule has 1 aromatic rings. The minimum atomic E-state index is 0.0476. The summed E-state index contributed by atoms with van der Waals surface area (Å²) >= 11 is 6.42. The third-order valence-electron chi connectivity index (χ3n) is 4.69. The van der Waals surface area contributed by atoms with Gasteiger partial charge in [-0.3, -0.25) is 4.90 Å². The molecule has 2 aliphatic rings. The Morgan fingerprint density at radius 1 is 1.30 bits per heavy atom. The van der Waals surface area contributed by atoms with E-state index < -0.39 is 0 Å².